The lowest BCUT2D eigenvalue weighted by Crippen LogP contribution is -2.31. The molecule has 1 aromatic carbocycles. The number of hydrogen-bond acceptors (Lipinski definition) is 3. The van der Waals surface area contributed by atoms with Gasteiger partial charge in [0.25, 0.3) is 0 Å². The zero-order valence-electron chi connectivity index (χ0n) is 9.76. The lowest BCUT2D eigenvalue weighted by molar-refractivity contribution is -0.120. The number of hydrogen-bond donors (Lipinski definition) is 1. The van der Waals surface area contributed by atoms with Gasteiger partial charge in [-0.15, -0.1) is 11.8 Å². The Balaban J connectivity index is 1.59. The molecule has 1 N–H and O–H groups in total. The zero-order valence-corrected chi connectivity index (χ0v) is 10.6. The second kappa shape index (κ2) is 4.90. The van der Waals surface area contributed by atoms with Gasteiger partial charge < -0.3 is 9.73 Å². The van der Waals surface area contributed by atoms with Crippen molar-refractivity contribution >= 4 is 17.7 Å². The van der Waals surface area contributed by atoms with E-state index in [-0.39, 0.29) is 11.2 Å². The number of thioether (sulfide) groups is 1. The topological polar surface area (TPSA) is 42.2 Å². The molecular formula is C14H13NO2S. The summed E-state index contributed by atoms with van der Waals surface area (Å²) in [5.41, 5.74) is 1.26. The van der Waals surface area contributed by atoms with E-state index in [4.69, 9.17) is 4.42 Å². The molecule has 0 aliphatic carbocycles. The number of benzene rings is 1. The summed E-state index contributed by atoms with van der Waals surface area (Å²) >= 11 is 1.64. The average Bonchev–Trinajstić information content (AvgIpc) is 3.04. The third-order valence-corrected chi connectivity index (χ3v) is 4.27. The molecule has 3 nitrogen and oxygen atoms in total. The first-order chi connectivity index (χ1) is 8.83. The van der Waals surface area contributed by atoms with Crippen LogP contribution in [0.5, 0.6) is 0 Å². The van der Waals surface area contributed by atoms with Crippen LogP contribution in [0, 0.1) is 0 Å². The number of nitrogens with one attached hydrogen (secondary N) is 1. The Hall–Kier alpha value is -1.68. The second-order valence-corrected chi connectivity index (χ2v) is 5.46. The van der Waals surface area contributed by atoms with Crippen molar-refractivity contribution in [1.29, 1.82) is 0 Å². The number of rotatable bonds is 3. The van der Waals surface area contributed by atoms with Crippen LogP contribution in [0.4, 0.5) is 0 Å². The Morgan fingerprint density at radius 3 is 3.00 bits per heavy atom. The minimum Gasteiger partial charge on any atom is -0.467 e. The molecule has 0 bridgehead atoms. The van der Waals surface area contributed by atoms with E-state index in [1.165, 1.54) is 10.5 Å². The SMILES string of the molecule is O=C(NCc1ccco1)C1Cc2ccccc2S1. The van der Waals surface area contributed by atoms with E-state index in [0.29, 0.717) is 6.54 Å². The molecule has 1 aromatic heterocycles. The van der Waals surface area contributed by atoms with E-state index in [0.717, 1.165) is 12.2 Å². The third kappa shape index (κ3) is 2.29. The van der Waals surface area contributed by atoms with Crippen LogP contribution >= 0.6 is 11.8 Å². The van der Waals surface area contributed by atoms with E-state index in [1.54, 1.807) is 18.0 Å². The molecule has 2 heterocycles. The molecule has 0 fully saturated rings. The van der Waals surface area contributed by atoms with Crippen LogP contribution < -0.4 is 5.32 Å². The molecule has 3 rings (SSSR count). The summed E-state index contributed by atoms with van der Waals surface area (Å²) in [4.78, 5) is 13.3. The quantitative estimate of drug-likeness (QED) is 0.921. The van der Waals surface area contributed by atoms with Gasteiger partial charge in [0, 0.05) is 4.90 Å². The van der Waals surface area contributed by atoms with Crippen LogP contribution in [0.3, 0.4) is 0 Å². The first-order valence-electron chi connectivity index (χ1n) is 5.87. The first kappa shape index (κ1) is 11.4. The first-order valence-corrected chi connectivity index (χ1v) is 6.75. The van der Waals surface area contributed by atoms with Crippen molar-refractivity contribution in [2.75, 3.05) is 0 Å². The van der Waals surface area contributed by atoms with Gasteiger partial charge in [-0.1, -0.05) is 18.2 Å². The molecular weight excluding hydrogens is 246 g/mol. The summed E-state index contributed by atoms with van der Waals surface area (Å²) in [5.74, 6) is 0.858. The number of carbonyl (C=O) groups is 1. The predicted molar refractivity (Wildman–Crippen MR) is 70.3 cm³/mol. The Morgan fingerprint density at radius 2 is 2.22 bits per heavy atom. The van der Waals surface area contributed by atoms with Gasteiger partial charge in [0.2, 0.25) is 5.91 Å². The number of amides is 1. The Morgan fingerprint density at radius 1 is 1.33 bits per heavy atom. The molecule has 92 valence electrons. The van der Waals surface area contributed by atoms with Gasteiger partial charge in [-0.3, -0.25) is 4.79 Å². The van der Waals surface area contributed by atoms with Gasteiger partial charge in [0.15, 0.2) is 0 Å². The van der Waals surface area contributed by atoms with Crippen LogP contribution in [0.15, 0.2) is 52.0 Å². The maximum absolute atomic E-state index is 12.0. The molecule has 0 spiro atoms. The molecule has 18 heavy (non-hydrogen) atoms. The molecule has 0 saturated heterocycles. The summed E-state index contributed by atoms with van der Waals surface area (Å²) in [5, 5.41) is 2.89. The molecule has 1 aliphatic heterocycles. The van der Waals surface area contributed by atoms with Gasteiger partial charge in [-0.2, -0.15) is 0 Å². The largest absolute Gasteiger partial charge is 0.467 e. The fraction of sp³-hybridized carbons (Fsp3) is 0.214. The van der Waals surface area contributed by atoms with Crippen molar-refractivity contribution in [3.63, 3.8) is 0 Å². The molecule has 1 amide bonds. The predicted octanol–water partition coefficient (Wildman–Crippen LogP) is 2.61. The van der Waals surface area contributed by atoms with Crippen LogP contribution in [-0.2, 0) is 17.8 Å². The smallest absolute Gasteiger partial charge is 0.234 e. The molecule has 1 aliphatic rings. The molecule has 0 saturated carbocycles. The highest BCUT2D eigenvalue weighted by Gasteiger charge is 2.27. The monoisotopic (exact) mass is 259 g/mol. The normalized spacial score (nSPS) is 17.4. The minimum atomic E-state index is -0.0163. The standard InChI is InChI=1S/C14H13NO2S/c16-14(15-9-11-5-3-7-17-11)13-8-10-4-1-2-6-12(10)18-13/h1-7,13H,8-9H2,(H,15,16). The van der Waals surface area contributed by atoms with Crippen LogP contribution in [-0.4, -0.2) is 11.2 Å². The fourth-order valence-corrected chi connectivity index (χ4v) is 3.25. The van der Waals surface area contributed by atoms with Crippen LogP contribution in [0.2, 0.25) is 0 Å². The fourth-order valence-electron chi connectivity index (χ4n) is 2.03. The highest BCUT2D eigenvalue weighted by molar-refractivity contribution is 8.01. The van der Waals surface area contributed by atoms with Crippen molar-refractivity contribution in [2.45, 2.75) is 23.1 Å². The number of furan rings is 1. The number of fused-ring (bicyclic) bond motifs is 1. The van der Waals surface area contributed by atoms with E-state index in [9.17, 15) is 4.79 Å². The third-order valence-electron chi connectivity index (χ3n) is 2.96. The van der Waals surface area contributed by atoms with Crippen LogP contribution in [0.1, 0.15) is 11.3 Å². The van der Waals surface area contributed by atoms with E-state index in [2.05, 4.69) is 17.4 Å². The minimum absolute atomic E-state index is 0.0163. The molecule has 0 radical (unpaired) electrons. The summed E-state index contributed by atoms with van der Waals surface area (Å²) in [6.07, 6.45) is 2.42. The van der Waals surface area contributed by atoms with Crippen molar-refractivity contribution in [2.24, 2.45) is 0 Å². The molecule has 1 atom stereocenters. The van der Waals surface area contributed by atoms with E-state index >= 15 is 0 Å². The van der Waals surface area contributed by atoms with Gasteiger partial charge in [-0.05, 0) is 30.2 Å². The van der Waals surface area contributed by atoms with Crippen LogP contribution in [0.25, 0.3) is 0 Å². The number of carbonyl (C=O) groups excluding carboxylic acids is 1. The lowest BCUT2D eigenvalue weighted by atomic mass is 10.1. The van der Waals surface area contributed by atoms with Crippen molar-refractivity contribution in [1.82, 2.24) is 5.32 Å². The summed E-state index contributed by atoms with van der Waals surface area (Å²) < 4.78 is 5.19. The van der Waals surface area contributed by atoms with E-state index < -0.39 is 0 Å². The maximum atomic E-state index is 12.0. The van der Waals surface area contributed by atoms with Gasteiger partial charge in [0.05, 0.1) is 18.1 Å². The highest BCUT2D eigenvalue weighted by atomic mass is 32.2. The zero-order chi connectivity index (χ0) is 12.4. The lowest BCUT2D eigenvalue weighted by Gasteiger charge is -2.08. The van der Waals surface area contributed by atoms with Gasteiger partial charge in [0.1, 0.15) is 5.76 Å². The highest BCUT2D eigenvalue weighted by Crippen LogP contribution is 2.36. The Kier molecular flexibility index (Phi) is 3.11. The van der Waals surface area contributed by atoms with E-state index in [1.807, 2.05) is 24.3 Å². The maximum Gasteiger partial charge on any atom is 0.234 e. The van der Waals surface area contributed by atoms with Crippen molar-refractivity contribution < 1.29 is 9.21 Å². The molecule has 1 unspecified atom stereocenters. The Labute approximate surface area is 110 Å². The average molecular weight is 259 g/mol. The summed E-state index contributed by atoms with van der Waals surface area (Å²) in [6.45, 7) is 0.458. The molecule has 4 heteroatoms. The van der Waals surface area contributed by atoms with Crippen molar-refractivity contribution in [3.8, 4) is 0 Å². The Bertz CT molecular complexity index is 526. The van der Waals surface area contributed by atoms with Gasteiger partial charge >= 0.3 is 0 Å². The van der Waals surface area contributed by atoms with Crippen molar-refractivity contribution in [3.05, 3.63) is 54.0 Å². The molecule has 2 aromatic rings. The summed E-state index contributed by atoms with van der Waals surface area (Å²) in [7, 11) is 0. The summed E-state index contributed by atoms with van der Waals surface area (Å²) in [6, 6.07) is 11.9. The van der Waals surface area contributed by atoms with Gasteiger partial charge in [-0.25, -0.2) is 0 Å². The second-order valence-electron chi connectivity index (χ2n) is 4.22.